The van der Waals surface area contributed by atoms with E-state index in [0.717, 1.165) is 0 Å². The van der Waals surface area contributed by atoms with Crippen LogP contribution in [0.1, 0.15) is 26.4 Å². The van der Waals surface area contributed by atoms with Gasteiger partial charge in [0.25, 0.3) is 5.91 Å². The number of nitrogens with zero attached hydrogens (tertiary/aromatic N) is 2. The van der Waals surface area contributed by atoms with Crippen LogP contribution in [0.5, 0.6) is 0 Å². The standard InChI is InChI=1S/C13H14N4O3.ClH/c1-17-10(12(14)18)6-11(16-17)15-7-8-4-2-3-5-9(8)13(19)20;/h2-6H,7H2,1H3,(H2,14,18)(H,15,16)(H,19,20);1H. The van der Waals surface area contributed by atoms with Gasteiger partial charge in [0.2, 0.25) is 0 Å². The number of carbonyl (C=O) groups is 2. The summed E-state index contributed by atoms with van der Waals surface area (Å²) in [6.07, 6.45) is 0. The minimum atomic E-state index is -0.985. The van der Waals surface area contributed by atoms with Crippen molar-refractivity contribution >= 4 is 30.1 Å². The van der Waals surface area contributed by atoms with Crippen molar-refractivity contribution in [3.8, 4) is 0 Å². The molecule has 7 nitrogen and oxygen atoms in total. The first kappa shape index (κ1) is 16.5. The molecule has 0 unspecified atom stereocenters. The largest absolute Gasteiger partial charge is 0.478 e. The number of nitrogens with two attached hydrogens (primary N) is 1. The molecule has 8 heteroatoms. The Morgan fingerprint density at radius 2 is 2.05 bits per heavy atom. The summed E-state index contributed by atoms with van der Waals surface area (Å²) in [7, 11) is 1.61. The molecule has 1 heterocycles. The van der Waals surface area contributed by atoms with Crippen LogP contribution in [0.3, 0.4) is 0 Å². The molecule has 21 heavy (non-hydrogen) atoms. The number of carboxylic acid groups (broad SMARTS) is 1. The highest BCUT2D eigenvalue weighted by atomic mass is 35.5. The summed E-state index contributed by atoms with van der Waals surface area (Å²) >= 11 is 0. The van der Waals surface area contributed by atoms with Crippen LogP contribution in [-0.2, 0) is 13.6 Å². The van der Waals surface area contributed by atoms with E-state index in [1.165, 1.54) is 16.8 Å². The SMILES string of the molecule is Cl.Cn1nc(NCc2ccccc2C(=O)O)cc1C(N)=O. The smallest absolute Gasteiger partial charge is 0.336 e. The number of aryl methyl sites for hydroxylation is 1. The maximum absolute atomic E-state index is 11.1. The zero-order valence-electron chi connectivity index (χ0n) is 11.2. The van der Waals surface area contributed by atoms with E-state index < -0.39 is 11.9 Å². The van der Waals surface area contributed by atoms with Crippen molar-refractivity contribution in [1.82, 2.24) is 9.78 Å². The average Bonchev–Trinajstić information content (AvgIpc) is 2.78. The number of nitrogens with one attached hydrogen (secondary N) is 1. The normalized spacial score (nSPS) is 9.76. The lowest BCUT2D eigenvalue weighted by Gasteiger charge is -2.06. The summed E-state index contributed by atoms with van der Waals surface area (Å²) in [6, 6.07) is 8.20. The Labute approximate surface area is 127 Å². The molecule has 0 aliphatic heterocycles. The third-order valence-corrected chi connectivity index (χ3v) is 2.84. The Bertz CT molecular complexity index is 669. The average molecular weight is 311 g/mol. The van der Waals surface area contributed by atoms with E-state index in [1.807, 2.05) is 0 Å². The van der Waals surface area contributed by atoms with Gasteiger partial charge in [0, 0.05) is 19.7 Å². The van der Waals surface area contributed by atoms with Crippen molar-refractivity contribution in [2.45, 2.75) is 6.54 Å². The van der Waals surface area contributed by atoms with E-state index in [2.05, 4.69) is 10.4 Å². The first-order valence-electron chi connectivity index (χ1n) is 5.88. The van der Waals surface area contributed by atoms with E-state index in [0.29, 0.717) is 11.4 Å². The van der Waals surface area contributed by atoms with Crippen LogP contribution in [0.4, 0.5) is 5.82 Å². The van der Waals surface area contributed by atoms with Crippen molar-refractivity contribution in [2.24, 2.45) is 12.8 Å². The molecule has 2 aromatic rings. The second-order valence-corrected chi connectivity index (χ2v) is 4.22. The molecule has 1 aromatic heterocycles. The number of hydrogen-bond donors (Lipinski definition) is 3. The van der Waals surface area contributed by atoms with Crippen molar-refractivity contribution in [1.29, 1.82) is 0 Å². The lowest BCUT2D eigenvalue weighted by Crippen LogP contribution is -2.15. The number of carboxylic acids is 1. The first-order chi connectivity index (χ1) is 9.49. The molecule has 1 aromatic carbocycles. The number of carbonyl (C=O) groups excluding carboxylic acids is 1. The summed E-state index contributed by atoms with van der Waals surface area (Å²) in [4.78, 5) is 22.2. The van der Waals surface area contributed by atoms with Crippen LogP contribution in [-0.4, -0.2) is 26.8 Å². The topological polar surface area (TPSA) is 110 Å². The van der Waals surface area contributed by atoms with Gasteiger partial charge in [-0.2, -0.15) is 5.10 Å². The number of anilines is 1. The molecule has 1 amide bonds. The van der Waals surface area contributed by atoms with E-state index in [9.17, 15) is 9.59 Å². The van der Waals surface area contributed by atoms with Crippen LogP contribution < -0.4 is 11.1 Å². The fourth-order valence-corrected chi connectivity index (χ4v) is 1.85. The molecule has 0 saturated carbocycles. The zero-order chi connectivity index (χ0) is 14.7. The van der Waals surface area contributed by atoms with Gasteiger partial charge in [-0.15, -0.1) is 12.4 Å². The molecule has 0 fully saturated rings. The summed E-state index contributed by atoms with van der Waals surface area (Å²) in [6.45, 7) is 0.289. The minimum absolute atomic E-state index is 0. The van der Waals surface area contributed by atoms with E-state index >= 15 is 0 Å². The fraction of sp³-hybridized carbons (Fsp3) is 0.154. The monoisotopic (exact) mass is 310 g/mol. The number of hydrogen-bond acceptors (Lipinski definition) is 4. The van der Waals surface area contributed by atoms with Crippen LogP contribution in [0.15, 0.2) is 30.3 Å². The van der Waals surface area contributed by atoms with Gasteiger partial charge in [0.05, 0.1) is 5.56 Å². The molecular formula is C13H15ClN4O3. The molecule has 0 radical (unpaired) electrons. The highest BCUT2D eigenvalue weighted by molar-refractivity contribution is 5.92. The van der Waals surface area contributed by atoms with Crippen molar-refractivity contribution in [3.05, 3.63) is 47.2 Å². The van der Waals surface area contributed by atoms with Crippen molar-refractivity contribution in [3.63, 3.8) is 0 Å². The Morgan fingerprint density at radius 1 is 1.38 bits per heavy atom. The number of amides is 1. The Hall–Kier alpha value is -2.54. The summed E-state index contributed by atoms with van der Waals surface area (Å²) < 4.78 is 1.37. The molecule has 0 saturated heterocycles. The van der Waals surface area contributed by atoms with Gasteiger partial charge in [0.1, 0.15) is 11.5 Å². The zero-order valence-corrected chi connectivity index (χ0v) is 12.1. The molecule has 0 aliphatic rings. The lowest BCUT2D eigenvalue weighted by molar-refractivity contribution is 0.0695. The Kier molecular flexibility index (Phi) is 5.31. The summed E-state index contributed by atoms with van der Waals surface area (Å²) in [5.41, 5.74) is 6.33. The predicted octanol–water partition coefficient (Wildman–Crippen LogP) is 1.25. The van der Waals surface area contributed by atoms with Gasteiger partial charge < -0.3 is 16.2 Å². The van der Waals surface area contributed by atoms with Gasteiger partial charge in [0.15, 0.2) is 0 Å². The van der Waals surface area contributed by atoms with Gasteiger partial charge in [-0.25, -0.2) is 4.79 Å². The number of halogens is 1. The predicted molar refractivity (Wildman–Crippen MR) is 79.7 cm³/mol. The van der Waals surface area contributed by atoms with Gasteiger partial charge >= 0.3 is 5.97 Å². The van der Waals surface area contributed by atoms with Crippen molar-refractivity contribution in [2.75, 3.05) is 5.32 Å². The Morgan fingerprint density at radius 3 is 2.62 bits per heavy atom. The molecule has 0 spiro atoms. The third-order valence-electron chi connectivity index (χ3n) is 2.84. The van der Waals surface area contributed by atoms with Crippen LogP contribution in [0.25, 0.3) is 0 Å². The lowest BCUT2D eigenvalue weighted by atomic mass is 10.1. The van der Waals surface area contributed by atoms with Crippen LogP contribution in [0, 0.1) is 0 Å². The maximum atomic E-state index is 11.1. The second-order valence-electron chi connectivity index (χ2n) is 4.22. The number of aromatic carboxylic acids is 1. The first-order valence-corrected chi connectivity index (χ1v) is 5.88. The fourth-order valence-electron chi connectivity index (χ4n) is 1.85. The molecule has 0 aliphatic carbocycles. The van der Waals surface area contributed by atoms with E-state index in [4.69, 9.17) is 10.8 Å². The Balaban J connectivity index is 0.00000220. The number of rotatable bonds is 5. The summed E-state index contributed by atoms with van der Waals surface area (Å²) in [5, 5.41) is 16.1. The molecular weight excluding hydrogens is 296 g/mol. The quantitative estimate of drug-likeness (QED) is 0.770. The minimum Gasteiger partial charge on any atom is -0.478 e. The molecule has 0 atom stereocenters. The maximum Gasteiger partial charge on any atom is 0.336 e. The van der Waals surface area contributed by atoms with Crippen molar-refractivity contribution < 1.29 is 14.7 Å². The highest BCUT2D eigenvalue weighted by Gasteiger charge is 2.11. The number of primary amides is 1. The van der Waals surface area contributed by atoms with Crippen LogP contribution >= 0.6 is 12.4 Å². The number of aromatic nitrogens is 2. The van der Waals surface area contributed by atoms with Gasteiger partial charge in [-0.1, -0.05) is 18.2 Å². The third kappa shape index (κ3) is 3.73. The summed E-state index contributed by atoms with van der Waals surface area (Å²) in [5.74, 6) is -1.10. The number of benzene rings is 1. The van der Waals surface area contributed by atoms with Gasteiger partial charge in [-0.05, 0) is 11.6 Å². The second kappa shape index (κ2) is 6.76. The van der Waals surface area contributed by atoms with E-state index in [-0.39, 0.29) is 30.2 Å². The molecule has 0 bridgehead atoms. The van der Waals surface area contributed by atoms with E-state index in [1.54, 1.807) is 25.2 Å². The molecule has 2 rings (SSSR count). The van der Waals surface area contributed by atoms with Crippen LogP contribution in [0.2, 0.25) is 0 Å². The molecule has 112 valence electrons. The van der Waals surface area contributed by atoms with Gasteiger partial charge in [-0.3, -0.25) is 9.48 Å². The molecule has 4 N–H and O–H groups in total. The highest BCUT2D eigenvalue weighted by Crippen LogP contribution is 2.13.